The van der Waals surface area contributed by atoms with Crippen LogP contribution in [0.2, 0.25) is 0 Å². The number of ether oxygens (including phenoxy) is 1. The van der Waals surface area contributed by atoms with Crippen LogP contribution in [0.1, 0.15) is 5.82 Å². The summed E-state index contributed by atoms with van der Waals surface area (Å²) in [6.07, 6.45) is 0. The van der Waals surface area contributed by atoms with Crippen molar-refractivity contribution in [3.05, 3.63) is 5.82 Å². The number of aromatic nitrogens is 2. The molecule has 1 fully saturated rings. The second-order valence-electron chi connectivity index (χ2n) is 3.20. The fourth-order valence-corrected chi connectivity index (χ4v) is 2.75. The lowest BCUT2D eigenvalue weighted by Gasteiger charge is -2.33. The number of alkyl halides is 1. The molecule has 1 aromatic heterocycles. The molecule has 0 aromatic carbocycles. The van der Waals surface area contributed by atoms with Gasteiger partial charge in [-0.25, -0.2) is 4.98 Å². The van der Waals surface area contributed by atoms with Gasteiger partial charge in [0.15, 0.2) is 0 Å². The van der Waals surface area contributed by atoms with Crippen molar-refractivity contribution in [3.8, 4) is 0 Å². The Balaban J connectivity index is 2.14. The summed E-state index contributed by atoms with van der Waals surface area (Å²) in [7, 11) is 0. The van der Waals surface area contributed by atoms with Crippen molar-refractivity contribution in [2.75, 3.05) is 30.0 Å². The van der Waals surface area contributed by atoms with Crippen molar-refractivity contribution < 1.29 is 4.74 Å². The fraction of sp³-hybridized carbons (Fsp3) is 0.750. The van der Waals surface area contributed by atoms with Gasteiger partial charge in [-0.3, -0.25) is 0 Å². The lowest BCUT2D eigenvalue weighted by atomic mass is 10.3. The number of rotatable bonds is 2. The predicted molar refractivity (Wildman–Crippen MR) is 60.4 cm³/mol. The highest BCUT2D eigenvalue weighted by Gasteiger charge is 2.24. The van der Waals surface area contributed by atoms with E-state index in [1.165, 1.54) is 11.5 Å². The first-order valence-corrected chi connectivity index (χ1v) is 6.41. The third-order valence-corrected chi connectivity index (χ3v) is 3.76. The third kappa shape index (κ3) is 2.07. The van der Waals surface area contributed by atoms with Gasteiger partial charge in [0.1, 0.15) is 5.82 Å². The molecule has 1 atom stereocenters. The van der Waals surface area contributed by atoms with Gasteiger partial charge in [0.05, 0.1) is 19.3 Å². The Morgan fingerprint density at radius 3 is 3.21 bits per heavy atom. The zero-order valence-corrected chi connectivity index (χ0v) is 10.3. The molecule has 0 spiro atoms. The van der Waals surface area contributed by atoms with Gasteiger partial charge in [0, 0.05) is 23.4 Å². The molecule has 2 rings (SSSR count). The SMILES string of the molecule is Cc1nsc(N2CCOCC2CBr)n1. The van der Waals surface area contributed by atoms with Crippen molar-refractivity contribution in [2.24, 2.45) is 0 Å². The summed E-state index contributed by atoms with van der Waals surface area (Å²) in [5, 5.41) is 1.92. The minimum atomic E-state index is 0.385. The molecule has 0 bridgehead atoms. The van der Waals surface area contributed by atoms with Crippen LogP contribution in [0.5, 0.6) is 0 Å². The minimum absolute atomic E-state index is 0.385. The van der Waals surface area contributed by atoms with Gasteiger partial charge in [-0.05, 0) is 6.92 Å². The maximum atomic E-state index is 5.42. The Kier molecular flexibility index (Phi) is 3.35. The molecular formula is C8H12BrN3OS. The normalized spacial score (nSPS) is 22.7. The Hall–Kier alpha value is -0.200. The zero-order valence-electron chi connectivity index (χ0n) is 7.94. The molecule has 2 heterocycles. The molecule has 0 radical (unpaired) electrons. The number of halogens is 1. The third-order valence-electron chi connectivity index (χ3n) is 2.17. The summed E-state index contributed by atoms with van der Waals surface area (Å²) in [5.41, 5.74) is 0. The van der Waals surface area contributed by atoms with E-state index < -0.39 is 0 Å². The Morgan fingerprint density at radius 1 is 1.71 bits per heavy atom. The van der Waals surface area contributed by atoms with Gasteiger partial charge < -0.3 is 9.64 Å². The average Bonchev–Trinajstić information content (AvgIpc) is 2.65. The average molecular weight is 278 g/mol. The van der Waals surface area contributed by atoms with Crippen molar-refractivity contribution in [2.45, 2.75) is 13.0 Å². The van der Waals surface area contributed by atoms with Crippen LogP contribution < -0.4 is 4.90 Å². The largest absolute Gasteiger partial charge is 0.377 e. The molecule has 0 N–H and O–H groups in total. The van der Waals surface area contributed by atoms with Crippen molar-refractivity contribution in [1.29, 1.82) is 0 Å². The van der Waals surface area contributed by atoms with Gasteiger partial charge >= 0.3 is 0 Å². The van der Waals surface area contributed by atoms with Crippen molar-refractivity contribution in [3.63, 3.8) is 0 Å². The first kappa shape index (κ1) is 10.3. The van der Waals surface area contributed by atoms with Crippen LogP contribution in [0.15, 0.2) is 0 Å². The summed E-state index contributed by atoms with van der Waals surface area (Å²) < 4.78 is 9.61. The van der Waals surface area contributed by atoms with Crippen LogP contribution in [-0.2, 0) is 4.74 Å². The number of hydrogen-bond donors (Lipinski definition) is 0. The van der Waals surface area contributed by atoms with Gasteiger partial charge in [0.2, 0.25) is 5.13 Å². The van der Waals surface area contributed by atoms with E-state index in [2.05, 4.69) is 30.2 Å². The summed E-state index contributed by atoms with van der Waals surface area (Å²) in [6.45, 7) is 4.38. The minimum Gasteiger partial charge on any atom is -0.377 e. The first-order chi connectivity index (χ1) is 6.81. The number of anilines is 1. The molecule has 0 aliphatic carbocycles. The monoisotopic (exact) mass is 277 g/mol. The quantitative estimate of drug-likeness (QED) is 0.767. The highest BCUT2D eigenvalue weighted by atomic mass is 79.9. The van der Waals surface area contributed by atoms with E-state index >= 15 is 0 Å². The van der Waals surface area contributed by atoms with Gasteiger partial charge in [-0.2, -0.15) is 4.37 Å². The van der Waals surface area contributed by atoms with E-state index in [-0.39, 0.29) is 0 Å². The standard InChI is InChI=1S/C8H12BrN3OS/c1-6-10-8(14-11-6)12-2-3-13-5-7(12)4-9/h7H,2-5H2,1H3. The summed E-state index contributed by atoms with van der Waals surface area (Å²) in [5.74, 6) is 0.852. The van der Waals surface area contributed by atoms with E-state index in [9.17, 15) is 0 Å². The topological polar surface area (TPSA) is 38.2 Å². The molecule has 1 aliphatic rings. The van der Waals surface area contributed by atoms with Crippen molar-refractivity contribution >= 4 is 32.6 Å². The maximum Gasteiger partial charge on any atom is 0.205 e. The lowest BCUT2D eigenvalue weighted by molar-refractivity contribution is 0.100. The number of aryl methyl sites for hydroxylation is 1. The molecule has 78 valence electrons. The first-order valence-electron chi connectivity index (χ1n) is 4.52. The molecule has 6 heteroatoms. The lowest BCUT2D eigenvalue weighted by Crippen LogP contribution is -2.46. The van der Waals surface area contributed by atoms with Gasteiger partial charge in [-0.1, -0.05) is 15.9 Å². The maximum absolute atomic E-state index is 5.42. The molecule has 0 saturated carbocycles. The summed E-state index contributed by atoms with van der Waals surface area (Å²) >= 11 is 4.95. The molecule has 4 nitrogen and oxygen atoms in total. The van der Waals surface area contributed by atoms with Crippen molar-refractivity contribution in [1.82, 2.24) is 9.36 Å². The van der Waals surface area contributed by atoms with Crippen LogP contribution in [0.4, 0.5) is 5.13 Å². The van der Waals surface area contributed by atoms with Crippen LogP contribution in [0, 0.1) is 6.92 Å². The Morgan fingerprint density at radius 2 is 2.57 bits per heavy atom. The predicted octanol–water partition coefficient (Wildman–Crippen LogP) is 1.45. The van der Waals surface area contributed by atoms with Gasteiger partial charge in [-0.15, -0.1) is 0 Å². The van der Waals surface area contributed by atoms with E-state index in [0.717, 1.165) is 36.0 Å². The van der Waals surface area contributed by atoms with Crippen LogP contribution in [-0.4, -0.2) is 40.5 Å². The highest BCUT2D eigenvalue weighted by Crippen LogP contribution is 2.22. The second kappa shape index (κ2) is 4.55. The van der Waals surface area contributed by atoms with Gasteiger partial charge in [0.25, 0.3) is 0 Å². The Labute approximate surface area is 95.6 Å². The highest BCUT2D eigenvalue weighted by molar-refractivity contribution is 9.09. The smallest absolute Gasteiger partial charge is 0.205 e. The molecule has 1 saturated heterocycles. The summed E-state index contributed by atoms with van der Waals surface area (Å²) in [6, 6.07) is 0.385. The molecule has 14 heavy (non-hydrogen) atoms. The number of morpholine rings is 1. The number of nitrogens with zero attached hydrogens (tertiary/aromatic N) is 3. The van der Waals surface area contributed by atoms with E-state index in [0.29, 0.717) is 6.04 Å². The zero-order chi connectivity index (χ0) is 9.97. The molecular weight excluding hydrogens is 266 g/mol. The van der Waals surface area contributed by atoms with E-state index in [1.807, 2.05) is 6.92 Å². The van der Waals surface area contributed by atoms with E-state index in [1.54, 1.807) is 0 Å². The molecule has 1 unspecified atom stereocenters. The Bertz CT molecular complexity index is 307. The fourth-order valence-electron chi connectivity index (χ4n) is 1.44. The second-order valence-corrected chi connectivity index (χ2v) is 4.58. The molecule has 1 aliphatic heterocycles. The number of hydrogen-bond acceptors (Lipinski definition) is 5. The van der Waals surface area contributed by atoms with Crippen LogP contribution in [0.3, 0.4) is 0 Å². The van der Waals surface area contributed by atoms with Crippen LogP contribution >= 0.6 is 27.5 Å². The van der Waals surface area contributed by atoms with Crippen LogP contribution in [0.25, 0.3) is 0 Å². The molecule has 0 amide bonds. The summed E-state index contributed by atoms with van der Waals surface area (Å²) in [4.78, 5) is 6.66. The van der Waals surface area contributed by atoms with E-state index in [4.69, 9.17) is 4.74 Å². The molecule has 1 aromatic rings.